The first-order chi connectivity index (χ1) is 9.51. The van der Waals surface area contributed by atoms with E-state index in [9.17, 15) is 9.90 Å². The third-order valence-electron chi connectivity index (χ3n) is 2.61. The minimum absolute atomic E-state index is 0.0452. The Hall–Kier alpha value is -1.66. The van der Waals surface area contributed by atoms with Crippen molar-refractivity contribution in [3.05, 3.63) is 16.7 Å². The SMILES string of the molecule is CCOC(=O)C(O)c1c(Cl)c(OC)cc(OC)c1OC. The van der Waals surface area contributed by atoms with Crippen molar-refractivity contribution in [1.82, 2.24) is 0 Å². The molecule has 0 spiro atoms. The van der Waals surface area contributed by atoms with E-state index in [1.54, 1.807) is 6.92 Å². The average Bonchev–Trinajstić information content (AvgIpc) is 2.46. The lowest BCUT2D eigenvalue weighted by Gasteiger charge is -2.19. The number of esters is 1. The topological polar surface area (TPSA) is 74.2 Å². The van der Waals surface area contributed by atoms with Gasteiger partial charge in [0.25, 0.3) is 0 Å². The number of aliphatic hydroxyl groups excluding tert-OH is 1. The van der Waals surface area contributed by atoms with Crippen molar-refractivity contribution in [2.75, 3.05) is 27.9 Å². The Labute approximate surface area is 122 Å². The first-order valence-electron chi connectivity index (χ1n) is 5.84. The van der Waals surface area contributed by atoms with Crippen LogP contribution in [0.2, 0.25) is 5.02 Å². The van der Waals surface area contributed by atoms with E-state index in [1.807, 2.05) is 0 Å². The van der Waals surface area contributed by atoms with E-state index in [-0.39, 0.29) is 34.4 Å². The van der Waals surface area contributed by atoms with Crippen LogP contribution in [0.15, 0.2) is 6.07 Å². The minimum Gasteiger partial charge on any atom is -0.495 e. The van der Waals surface area contributed by atoms with E-state index in [2.05, 4.69) is 0 Å². The molecule has 1 unspecified atom stereocenters. The average molecular weight is 305 g/mol. The van der Waals surface area contributed by atoms with Gasteiger partial charge in [-0.25, -0.2) is 4.79 Å². The molecule has 0 aliphatic rings. The first-order valence-corrected chi connectivity index (χ1v) is 6.22. The van der Waals surface area contributed by atoms with E-state index < -0.39 is 12.1 Å². The number of hydrogen-bond donors (Lipinski definition) is 1. The summed E-state index contributed by atoms with van der Waals surface area (Å²) in [6.07, 6.45) is -1.60. The summed E-state index contributed by atoms with van der Waals surface area (Å²) in [7, 11) is 4.21. The lowest BCUT2D eigenvalue weighted by atomic mass is 10.1. The monoisotopic (exact) mass is 304 g/mol. The smallest absolute Gasteiger partial charge is 0.339 e. The lowest BCUT2D eigenvalue weighted by Crippen LogP contribution is -2.17. The van der Waals surface area contributed by atoms with Crippen LogP contribution in [0, 0.1) is 0 Å². The van der Waals surface area contributed by atoms with Gasteiger partial charge in [0.05, 0.1) is 38.5 Å². The van der Waals surface area contributed by atoms with Crippen molar-refractivity contribution >= 4 is 17.6 Å². The summed E-state index contributed by atoms with van der Waals surface area (Å²) < 4.78 is 20.2. The summed E-state index contributed by atoms with van der Waals surface area (Å²) in [6.45, 7) is 1.77. The standard InChI is InChI=1S/C13H17ClO6/c1-5-20-13(16)11(15)9-10(14)7(17-2)6-8(18-3)12(9)19-4/h6,11,15H,5H2,1-4H3. The summed E-state index contributed by atoms with van der Waals surface area (Å²) in [4.78, 5) is 11.7. The molecule has 0 heterocycles. The molecule has 1 aromatic carbocycles. The number of benzene rings is 1. The van der Waals surface area contributed by atoms with Crippen LogP contribution >= 0.6 is 11.6 Å². The highest BCUT2D eigenvalue weighted by Crippen LogP contribution is 2.45. The Bertz CT molecular complexity index is 488. The van der Waals surface area contributed by atoms with Gasteiger partial charge in [-0.15, -0.1) is 0 Å². The van der Waals surface area contributed by atoms with Gasteiger partial charge in [-0.3, -0.25) is 0 Å². The van der Waals surface area contributed by atoms with Crippen LogP contribution in [0.3, 0.4) is 0 Å². The third kappa shape index (κ3) is 3.08. The predicted molar refractivity (Wildman–Crippen MR) is 72.7 cm³/mol. The molecule has 0 saturated carbocycles. The summed E-state index contributed by atoms with van der Waals surface area (Å²) in [5, 5.41) is 10.2. The molecule has 0 radical (unpaired) electrons. The highest BCUT2D eigenvalue weighted by molar-refractivity contribution is 6.33. The van der Waals surface area contributed by atoms with Crippen molar-refractivity contribution in [3.63, 3.8) is 0 Å². The molecule has 0 aliphatic carbocycles. The third-order valence-corrected chi connectivity index (χ3v) is 3.00. The highest BCUT2D eigenvalue weighted by Gasteiger charge is 2.30. The van der Waals surface area contributed by atoms with Crippen molar-refractivity contribution in [2.45, 2.75) is 13.0 Å². The molecule has 20 heavy (non-hydrogen) atoms. The van der Waals surface area contributed by atoms with Crippen LogP contribution in [-0.2, 0) is 9.53 Å². The van der Waals surface area contributed by atoms with E-state index in [1.165, 1.54) is 27.4 Å². The number of aliphatic hydroxyl groups is 1. The summed E-state index contributed by atoms with van der Waals surface area (Å²) in [5.74, 6) is -0.142. The van der Waals surface area contributed by atoms with Gasteiger partial charge in [0.2, 0.25) is 0 Å². The van der Waals surface area contributed by atoms with Gasteiger partial charge in [-0.1, -0.05) is 11.6 Å². The molecule has 112 valence electrons. The molecule has 0 aromatic heterocycles. The minimum atomic E-state index is -1.60. The fraction of sp³-hybridized carbons (Fsp3) is 0.462. The molecule has 6 nitrogen and oxygen atoms in total. The summed E-state index contributed by atoms with van der Waals surface area (Å²) in [6, 6.07) is 1.50. The van der Waals surface area contributed by atoms with E-state index in [4.69, 9.17) is 30.5 Å². The maximum Gasteiger partial charge on any atom is 0.339 e. The molecule has 0 fully saturated rings. The number of halogens is 1. The van der Waals surface area contributed by atoms with Gasteiger partial charge >= 0.3 is 5.97 Å². The van der Waals surface area contributed by atoms with Crippen LogP contribution in [0.4, 0.5) is 0 Å². The fourth-order valence-corrected chi connectivity index (χ4v) is 2.03. The molecular formula is C13H17ClO6. The number of carbonyl (C=O) groups is 1. The van der Waals surface area contributed by atoms with E-state index in [0.29, 0.717) is 0 Å². The zero-order chi connectivity index (χ0) is 15.3. The van der Waals surface area contributed by atoms with Crippen molar-refractivity contribution in [3.8, 4) is 17.2 Å². The molecule has 0 bridgehead atoms. The van der Waals surface area contributed by atoms with Gasteiger partial charge in [0.1, 0.15) is 5.75 Å². The molecule has 1 atom stereocenters. The molecule has 1 rings (SSSR count). The number of carbonyl (C=O) groups excluding carboxylic acids is 1. The van der Waals surface area contributed by atoms with Gasteiger partial charge in [0.15, 0.2) is 17.6 Å². The Morgan fingerprint density at radius 2 is 1.85 bits per heavy atom. The second kappa shape index (κ2) is 7.21. The van der Waals surface area contributed by atoms with E-state index in [0.717, 1.165) is 0 Å². The zero-order valence-electron chi connectivity index (χ0n) is 11.7. The maximum atomic E-state index is 11.7. The van der Waals surface area contributed by atoms with Gasteiger partial charge < -0.3 is 24.1 Å². The van der Waals surface area contributed by atoms with Crippen molar-refractivity contribution in [1.29, 1.82) is 0 Å². The number of rotatable bonds is 6. The largest absolute Gasteiger partial charge is 0.495 e. The van der Waals surface area contributed by atoms with Crippen molar-refractivity contribution in [2.24, 2.45) is 0 Å². The van der Waals surface area contributed by atoms with Crippen LogP contribution < -0.4 is 14.2 Å². The second-order valence-corrected chi connectivity index (χ2v) is 4.07. The Balaban J connectivity index is 3.44. The quantitative estimate of drug-likeness (QED) is 0.810. The van der Waals surface area contributed by atoms with E-state index >= 15 is 0 Å². The molecule has 1 aromatic rings. The first kappa shape index (κ1) is 16.4. The molecule has 1 N–H and O–H groups in total. The van der Waals surface area contributed by atoms with Gasteiger partial charge in [-0.2, -0.15) is 0 Å². The zero-order valence-corrected chi connectivity index (χ0v) is 12.5. The number of hydrogen-bond acceptors (Lipinski definition) is 6. The molecular weight excluding hydrogens is 288 g/mol. The Morgan fingerprint density at radius 3 is 2.30 bits per heavy atom. The Morgan fingerprint density at radius 1 is 1.25 bits per heavy atom. The maximum absolute atomic E-state index is 11.7. The van der Waals surface area contributed by atoms with Crippen LogP contribution in [-0.4, -0.2) is 39.0 Å². The van der Waals surface area contributed by atoms with Crippen LogP contribution in [0.5, 0.6) is 17.2 Å². The Kier molecular flexibility index (Phi) is 5.91. The second-order valence-electron chi connectivity index (χ2n) is 3.70. The van der Waals surface area contributed by atoms with Gasteiger partial charge in [0, 0.05) is 6.07 Å². The molecule has 7 heteroatoms. The number of ether oxygens (including phenoxy) is 4. The molecule has 0 saturated heterocycles. The number of methoxy groups -OCH3 is 3. The fourth-order valence-electron chi connectivity index (χ4n) is 1.71. The predicted octanol–water partition coefficient (Wildman–Crippen LogP) is 1.96. The lowest BCUT2D eigenvalue weighted by molar-refractivity contribution is -0.153. The summed E-state index contributed by atoms with van der Waals surface area (Å²) >= 11 is 6.13. The molecule has 0 amide bonds. The normalized spacial score (nSPS) is 11.7. The van der Waals surface area contributed by atoms with Gasteiger partial charge in [-0.05, 0) is 6.92 Å². The highest BCUT2D eigenvalue weighted by atomic mass is 35.5. The summed E-state index contributed by atoms with van der Waals surface area (Å²) in [5.41, 5.74) is 0.0452. The van der Waals surface area contributed by atoms with Crippen molar-refractivity contribution < 1.29 is 28.8 Å². The van der Waals surface area contributed by atoms with Crippen LogP contribution in [0.25, 0.3) is 0 Å². The van der Waals surface area contributed by atoms with Crippen LogP contribution in [0.1, 0.15) is 18.6 Å². The molecule has 0 aliphatic heterocycles.